The molecule has 1 heterocycles. The van der Waals surface area contributed by atoms with Gasteiger partial charge in [0.15, 0.2) is 0 Å². The molecule has 0 aromatic rings. The fourth-order valence-electron chi connectivity index (χ4n) is 6.04. The number of carbonyl (C=O) groups is 1. The Hall–Kier alpha value is -1.65. The quantitative estimate of drug-likeness (QED) is 0.375. The average molecular weight is 401 g/mol. The van der Waals surface area contributed by atoms with Gasteiger partial charge in [-0.25, -0.2) is 4.79 Å². The molecule has 0 spiro atoms. The molecule has 1 saturated carbocycles. The fourth-order valence-corrected chi connectivity index (χ4v) is 6.04. The second-order valence-corrected chi connectivity index (χ2v) is 9.89. The summed E-state index contributed by atoms with van der Waals surface area (Å²) in [7, 11) is 0. The second kappa shape index (κ2) is 8.61. The molecule has 3 atom stereocenters. The maximum absolute atomic E-state index is 11.2. The molecule has 0 unspecified atom stereocenters. The van der Waals surface area contributed by atoms with Gasteiger partial charge in [0.25, 0.3) is 0 Å². The Morgan fingerprint density at radius 1 is 1.31 bits per heavy atom. The number of hydrogen-bond acceptors (Lipinski definition) is 4. The highest BCUT2D eigenvalue weighted by Crippen LogP contribution is 2.60. The minimum atomic E-state index is -1.19. The largest absolute Gasteiger partial charge is 0.428 e. The van der Waals surface area contributed by atoms with E-state index in [4.69, 9.17) is 0 Å². The monoisotopic (exact) mass is 400 g/mol. The van der Waals surface area contributed by atoms with Crippen LogP contribution < -0.4 is 0 Å². The third-order valence-corrected chi connectivity index (χ3v) is 7.56. The first-order valence-electron chi connectivity index (χ1n) is 10.9. The van der Waals surface area contributed by atoms with Crippen LogP contribution >= 0.6 is 0 Å². The molecule has 1 fully saturated rings. The van der Waals surface area contributed by atoms with Crippen LogP contribution in [0.5, 0.6) is 0 Å². The number of hydrogen-bond donors (Lipinski definition) is 2. The molecule has 3 aliphatic rings. The van der Waals surface area contributed by atoms with E-state index in [2.05, 4.69) is 32.4 Å². The minimum Gasteiger partial charge on any atom is -0.428 e. The summed E-state index contributed by atoms with van der Waals surface area (Å²) in [6.07, 6.45) is 13.6. The summed E-state index contributed by atoms with van der Waals surface area (Å²) < 4.78 is 4.67. The number of rotatable bonds is 6. The fraction of sp³-hybridized carbons (Fsp3) is 0.640. The molecule has 0 bridgehead atoms. The van der Waals surface area contributed by atoms with E-state index in [1.807, 2.05) is 6.08 Å². The Labute approximate surface area is 175 Å². The highest BCUT2D eigenvalue weighted by molar-refractivity contribution is 5.86. The van der Waals surface area contributed by atoms with Gasteiger partial charge in [0.2, 0.25) is 6.29 Å². The van der Waals surface area contributed by atoms with E-state index in [1.165, 1.54) is 38.2 Å². The predicted molar refractivity (Wildman–Crippen MR) is 115 cm³/mol. The van der Waals surface area contributed by atoms with Crippen molar-refractivity contribution < 1.29 is 19.7 Å². The molecular weight excluding hydrogens is 364 g/mol. The number of fused-ring (bicyclic) bond motifs is 1. The summed E-state index contributed by atoms with van der Waals surface area (Å²) in [6.45, 7) is 9.67. The molecular formula is C25H36O4. The molecule has 2 N–H and O–H groups in total. The third-order valence-electron chi connectivity index (χ3n) is 7.56. The van der Waals surface area contributed by atoms with Gasteiger partial charge in [-0.1, -0.05) is 56.6 Å². The van der Waals surface area contributed by atoms with Crippen molar-refractivity contribution in [3.63, 3.8) is 0 Å². The van der Waals surface area contributed by atoms with Crippen LogP contribution in [0.2, 0.25) is 0 Å². The van der Waals surface area contributed by atoms with Crippen molar-refractivity contribution in [2.75, 3.05) is 6.61 Å². The number of esters is 1. The summed E-state index contributed by atoms with van der Waals surface area (Å²) in [4.78, 5) is 11.2. The van der Waals surface area contributed by atoms with E-state index in [0.29, 0.717) is 11.0 Å². The maximum Gasteiger partial charge on any atom is 0.333 e. The van der Waals surface area contributed by atoms with Gasteiger partial charge in [0.1, 0.15) is 0 Å². The van der Waals surface area contributed by atoms with Gasteiger partial charge in [0, 0.05) is 11.6 Å². The first-order valence-corrected chi connectivity index (χ1v) is 10.9. The molecule has 3 rings (SSSR count). The molecule has 160 valence electrons. The topological polar surface area (TPSA) is 66.8 Å². The summed E-state index contributed by atoms with van der Waals surface area (Å²) >= 11 is 0. The highest BCUT2D eigenvalue weighted by Gasteiger charge is 2.49. The van der Waals surface area contributed by atoms with Crippen molar-refractivity contribution in [1.82, 2.24) is 0 Å². The Morgan fingerprint density at radius 2 is 2.07 bits per heavy atom. The number of carbonyl (C=O) groups excluding carboxylic acids is 1. The highest BCUT2D eigenvalue weighted by atomic mass is 16.6. The minimum absolute atomic E-state index is 0.0132. The summed E-state index contributed by atoms with van der Waals surface area (Å²) in [5.74, 6) is 0.207. The van der Waals surface area contributed by atoms with Gasteiger partial charge in [0.05, 0.1) is 6.61 Å². The lowest BCUT2D eigenvalue weighted by molar-refractivity contribution is -0.150. The standard InChI is InChI=1S/C25H36O4/c1-17-9-12-21-24(2,3)13-6-14-25(21,4)20(17)11-10-18(16-26)7-5-8-19-15-22(27)29-23(19)28/h5,7-8,15,21,23,26,28H,6,9-14,16H2,1-4H3/b8-5-,18-7+/t21-,23+,25+/m0/s1. The van der Waals surface area contributed by atoms with Crippen LogP contribution in [-0.2, 0) is 9.53 Å². The van der Waals surface area contributed by atoms with E-state index >= 15 is 0 Å². The normalized spacial score (nSPS) is 32.4. The molecule has 0 aromatic carbocycles. The van der Waals surface area contributed by atoms with Gasteiger partial charge in [-0.15, -0.1) is 0 Å². The van der Waals surface area contributed by atoms with Gasteiger partial charge in [-0.05, 0) is 67.8 Å². The lowest BCUT2D eigenvalue weighted by Crippen LogP contribution is -2.45. The number of aliphatic hydroxyl groups is 2. The Kier molecular flexibility index (Phi) is 6.54. The molecule has 0 aromatic heterocycles. The molecule has 2 aliphatic carbocycles. The summed E-state index contributed by atoms with van der Waals surface area (Å²) in [6, 6.07) is 0. The van der Waals surface area contributed by atoms with Crippen molar-refractivity contribution in [2.45, 2.75) is 78.9 Å². The lowest BCUT2D eigenvalue weighted by atomic mass is 9.50. The van der Waals surface area contributed by atoms with Crippen molar-refractivity contribution in [1.29, 1.82) is 0 Å². The Balaban J connectivity index is 1.71. The second-order valence-electron chi connectivity index (χ2n) is 9.89. The Bertz CT molecular complexity index is 768. The molecule has 29 heavy (non-hydrogen) atoms. The van der Waals surface area contributed by atoms with E-state index in [1.54, 1.807) is 23.3 Å². The zero-order valence-electron chi connectivity index (χ0n) is 18.3. The van der Waals surface area contributed by atoms with Crippen LogP contribution in [0.3, 0.4) is 0 Å². The molecule has 4 nitrogen and oxygen atoms in total. The number of aliphatic hydroxyl groups excluding tert-OH is 2. The van der Waals surface area contributed by atoms with E-state index in [-0.39, 0.29) is 12.0 Å². The number of allylic oxidation sites excluding steroid dienone is 4. The van der Waals surface area contributed by atoms with Gasteiger partial charge in [-0.2, -0.15) is 0 Å². The SMILES string of the molecule is CC1=C(CC/C(=C\C=C/C2=CC(=O)O[C@H]2O)CO)[C@@]2(C)CCCC(C)(C)[C@@H]2CC1. The Morgan fingerprint density at radius 3 is 2.72 bits per heavy atom. The van der Waals surface area contributed by atoms with Crippen molar-refractivity contribution in [3.8, 4) is 0 Å². The average Bonchev–Trinajstić information content (AvgIpc) is 2.96. The zero-order chi connectivity index (χ0) is 21.2. The van der Waals surface area contributed by atoms with Crippen LogP contribution in [0.4, 0.5) is 0 Å². The maximum atomic E-state index is 11.2. The van der Waals surface area contributed by atoms with Crippen molar-refractivity contribution in [2.24, 2.45) is 16.7 Å². The van der Waals surface area contributed by atoms with Crippen molar-refractivity contribution >= 4 is 5.97 Å². The van der Waals surface area contributed by atoms with E-state index in [9.17, 15) is 15.0 Å². The summed E-state index contributed by atoms with van der Waals surface area (Å²) in [5.41, 5.74) is 5.22. The predicted octanol–water partition coefficient (Wildman–Crippen LogP) is 4.99. The van der Waals surface area contributed by atoms with Crippen LogP contribution in [0, 0.1) is 16.7 Å². The number of ether oxygens (including phenoxy) is 1. The molecule has 0 saturated heterocycles. The van der Waals surface area contributed by atoms with E-state index < -0.39 is 12.3 Å². The zero-order valence-corrected chi connectivity index (χ0v) is 18.3. The van der Waals surface area contributed by atoms with Crippen LogP contribution in [-0.4, -0.2) is 29.1 Å². The van der Waals surface area contributed by atoms with Gasteiger partial charge in [-0.3, -0.25) is 0 Å². The lowest BCUT2D eigenvalue weighted by Gasteiger charge is -2.55. The molecule has 1 aliphatic heterocycles. The first kappa shape index (κ1) is 22.0. The smallest absolute Gasteiger partial charge is 0.333 e. The van der Waals surface area contributed by atoms with Gasteiger partial charge >= 0.3 is 5.97 Å². The first-order chi connectivity index (χ1) is 13.7. The van der Waals surface area contributed by atoms with Crippen LogP contribution in [0.15, 0.2) is 46.6 Å². The van der Waals surface area contributed by atoms with Crippen molar-refractivity contribution in [3.05, 3.63) is 46.6 Å². The molecule has 0 radical (unpaired) electrons. The molecule has 0 amide bonds. The van der Waals surface area contributed by atoms with Gasteiger partial charge < -0.3 is 14.9 Å². The third kappa shape index (κ3) is 4.59. The summed E-state index contributed by atoms with van der Waals surface area (Å²) in [5, 5.41) is 19.5. The number of cyclic esters (lactones) is 1. The van der Waals surface area contributed by atoms with Crippen LogP contribution in [0.1, 0.15) is 72.6 Å². The van der Waals surface area contributed by atoms with Crippen LogP contribution in [0.25, 0.3) is 0 Å². The van der Waals surface area contributed by atoms with E-state index in [0.717, 1.165) is 24.3 Å². The molecule has 4 heteroatoms.